The molecule has 5 nitrogen and oxygen atoms in total. The maximum absolute atomic E-state index is 10.3. The molecule has 0 saturated heterocycles. The van der Waals surface area contributed by atoms with Crippen molar-refractivity contribution in [2.24, 2.45) is 17.0 Å². The lowest BCUT2D eigenvalue weighted by Crippen LogP contribution is -2.43. The lowest BCUT2D eigenvalue weighted by molar-refractivity contribution is 0.241. The summed E-state index contributed by atoms with van der Waals surface area (Å²) < 4.78 is 0. The number of amides is 2. The van der Waals surface area contributed by atoms with Crippen LogP contribution in [-0.4, -0.2) is 19.1 Å². The van der Waals surface area contributed by atoms with Gasteiger partial charge in [-0.25, -0.2) is 4.79 Å². The van der Waals surface area contributed by atoms with E-state index in [1.807, 2.05) is 13.8 Å². The largest absolute Gasteiger partial charge is 0.352 e. The minimum Gasteiger partial charge on any atom is -0.352 e. The summed E-state index contributed by atoms with van der Waals surface area (Å²) in [5, 5.41) is 2.51. The maximum Gasteiger partial charge on any atom is 0.312 e. The highest BCUT2D eigenvalue weighted by atomic mass is 16.2. The molecule has 0 unspecified atom stereocenters. The van der Waals surface area contributed by atoms with Crippen LogP contribution in [0.25, 0.3) is 0 Å². The molecule has 0 atom stereocenters. The molecule has 6 N–H and O–H groups in total. The van der Waals surface area contributed by atoms with E-state index in [2.05, 4.69) is 10.7 Å². The molecular formula is C6H16N4O. The Labute approximate surface area is 66.5 Å². The van der Waals surface area contributed by atoms with Gasteiger partial charge in [0.05, 0.1) is 0 Å². The van der Waals surface area contributed by atoms with Crippen molar-refractivity contribution in [3.8, 4) is 0 Å². The number of carbonyl (C=O) groups excluding carboxylic acids is 1. The van der Waals surface area contributed by atoms with E-state index in [-0.39, 0.29) is 5.41 Å². The lowest BCUT2D eigenvalue weighted by atomic mass is 9.94. The van der Waals surface area contributed by atoms with Gasteiger partial charge in [0, 0.05) is 13.1 Å². The number of hydrazine groups is 1. The van der Waals surface area contributed by atoms with Crippen molar-refractivity contribution in [2.75, 3.05) is 13.1 Å². The number of primary amides is 1. The first-order chi connectivity index (χ1) is 4.98. The number of nitrogens with two attached hydrogens (primary N) is 2. The Morgan fingerprint density at radius 2 is 2.00 bits per heavy atom. The van der Waals surface area contributed by atoms with Crippen molar-refractivity contribution in [3.05, 3.63) is 0 Å². The van der Waals surface area contributed by atoms with Gasteiger partial charge in [-0.3, -0.25) is 11.3 Å². The van der Waals surface area contributed by atoms with Gasteiger partial charge in [-0.05, 0) is 5.41 Å². The Balaban J connectivity index is 3.63. The van der Waals surface area contributed by atoms with E-state index in [4.69, 9.17) is 11.6 Å². The van der Waals surface area contributed by atoms with Crippen molar-refractivity contribution in [1.82, 2.24) is 10.7 Å². The Hall–Kier alpha value is -0.810. The van der Waals surface area contributed by atoms with Crippen molar-refractivity contribution >= 4 is 6.03 Å². The molecule has 0 bridgehead atoms. The summed E-state index contributed by atoms with van der Waals surface area (Å²) in [5.41, 5.74) is 7.37. The standard InChI is InChI=1S/C6H16N4O/c1-6(2,4-10-8)3-9-5(7)11/h10H,3-4,8H2,1-2H3,(H3,7,9,11). The Kier molecular flexibility index (Phi) is 3.84. The third-order valence-corrected chi connectivity index (χ3v) is 1.32. The highest BCUT2D eigenvalue weighted by molar-refractivity contribution is 5.71. The molecular weight excluding hydrogens is 144 g/mol. The quantitative estimate of drug-likeness (QED) is 0.318. The van der Waals surface area contributed by atoms with Crippen LogP contribution in [0.5, 0.6) is 0 Å². The van der Waals surface area contributed by atoms with Crippen molar-refractivity contribution in [2.45, 2.75) is 13.8 Å². The van der Waals surface area contributed by atoms with E-state index in [1.165, 1.54) is 0 Å². The molecule has 66 valence electrons. The monoisotopic (exact) mass is 160 g/mol. The van der Waals surface area contributed by atoms with E-state index < -0.39 is 6.03 Å². The van der Waals surface area contributed by atoms with E-state index in [0.717, 1.165) is 0 Å². The molecule has 0 aliphatic heterocycles. The molecule has 0 aliphatic rings. The molecule has 0 aromatic carbocycles. The van der Waals surface area contributed by atoms with Crippen LogP contribution in [0, 0.1) is 5.41 Å². The van der Waals surface area contributed by atoms with Gasteiger partial charge in [0.1, 0.15) is 0 Å². The van der Waals surface area contributed by atoms with Crippen molar-refractivity contribution in [3.63, 3.8) is 0 Å². The number of rotatable bonds is 4. The van der Waals surface area contributed by atoms with Crippen LogP contribution in [0.15, 0.2) is 0 Å². The van der Waals surface area contributed by atoms with Gasteiger partial charge in [-0.1, -0.05) is 13.8 Å². The normalized spacial score (nSPS) is 11.2. The molecule has 0 saturated carbocycles. The van der Waals surface area contributed by atoms with Crippen molar-refractivity contribution < 1.29 is 4.79 Å². The summed E-state index contributed by atoms with van der Waals surface area (Å²) in [7, 11) is 0. The second-order valence-electron chi connectivity index (χ2n) is 3.26. The fourth-order valence-corrected chi connectivity index (χ4v) is 0.665. The maximum atomic E-state index is 10.3. The molecule has 0 heterocycles. The van der Waals surface area contributed by atoms with Gasteiger partial charge in [0.15, 0.2) is 0 Å². The second-order valence-corrected chi connectivity index (χ2v) is 3.26. The zero-order valence-corrected chi connectivity index (χ0v) is 6.98. The zero-order valence-electron chi connectivity index (χ0n) is 6.98. The van der Waals surface area contributed by atoms with Crippen LogP contribution >= 0.6 is 0 Å². The highest BCUT2D eigenvalue weighted by Gasteiger charge is 2.16. The van der Waals surface area contributed by atoms with Gasteiger partial charge >= 0.3 is 6.03 Å². The Morgan fingerprint density at radius 1 is 1.45 bits per heavy atom. The summed E-state index contributed by atoms with van der Waals surface area (Å²) in [6.07, 6.45) is 0. The zero-order chi connectivity index (χ0) is 8.91. The molecule has 0 spiro atoms. The third-order valence-electron chi connectivity index (χ3n) is 1.32. The molecule has 5 heteroatoms. The Bertz CT molecular complexity index is 135. The van der Waals surface area contributed by atoms with Gasteiger partial charge in [-0.15, -0.1) is 0 Å². The average Bonchev–Trinajstić information content (AvgIpc) is 1.84. The lowest BCUT2D eigenvalue weighted by Gasteiger charge is -2.23. The van der Waals surface area contributed by atoms with Gasteiger partial charge < -0.3 is 11.1 Å². The fraction of sp³-hybridized carbons (Fsp3) is 0.833. The molecule has 0 aromatic rings. The topological polar surface area (TPSA) is 93.2 Å². The van der Waals surface area contributed by atoms with E-state index in [9.17, 15) is 4.79 Å². The number of hydrogen-bond donors (Lipinski definition) is 4. The summed E-state index contributed by atoms with van der Waals surface area (Å²) in [4.78, 5) is 10.3. The first-order valence-corrected chi connectivity index (χ1v) is 3.45. The molecule has 0 aliphatic carbocycles. The minimum absolute atomic E-state index is 0.0657. The molecule has 11 heavy (non-hydrogen) atoms. The third kappa shape index (κ3) is 5.63. The first-order valence-electron chi connectivity index (χ1n) is 3.45. The van der Waals surface area contributed by atoms with Crippen LogP contribution in [-0.2, 0) is 0 Å². The van der Waals surface area contributed by atoms with Gasteiger partial charge in [-0.2, -0.15) is 0 Å². The number of nitrogens with one attached hydrogen (secondary N) is 2. The van der Waals surface area contributed by atoms with E-state index >= 15 is 0 Å². The van der Waals surface area contributed by atoms with Crippen LogP contribution in [0.2, 0.25) is 0 Å². The minimum atomic E-state index is -0.505. The molecule has 0 fully saturated rings. The predicted molar refractivity (Wildman–Crippen MR) is 43.6 cm³/mol. The summed E-state index contributed by atoms with van der Waals surface area (Å²) in [6, 6.07) is -0.505. The SMILES string of the molecule is CC(C)(CNN)CNC(N)=O. The predicted octanol–water partition coefficient (Wildman–Crippen LogP) is -0.856. The molecule has 0 aromatic heterocycles. The highest BCUT2D eigenvalue weighted by Crippen LogP contribution is 2.10. The number of urea groups is 1. The average molecular weight is 160 g/mol. The van der Waals surface area contributed by atoms with Gasteiger partial charge in [0.25, 0.3) is 0 Å². The van der Waals surface area contributed by atoms with Crippen LogP contribution in [0.1, 0.15) is 13.8 Å². The molecule has 0 rings (SSSR count). The molecule has 2 amide bonds. The Morgan fingerprint density at radius 3 is 2.36 bits per heavy atom. The first kappa shape index (κ1) is 10.2. The fourth-order valence-electron chi connectivity index (χ4n) is 0.665. The molecule has 0 radical (unpaired) electrons. The number of carbonyl (C=O) groups is 1. The van der Waals surface area contributed by atoms with E-state index in [1.54, 1.807) is 0 Å². The van der Waals surface area contributed by atoms with Crippen LogP contribution < -0.4 is 22.3 Å². The second kappa shape index (κ2) is 4.15. The number of hydrogen-bond acceptors (Lipinski definition) is 3. The van der Waals surface area contributed by atoms with E-state index in [0.29, 0.717) is 13.1 Å². The van der Waals surface area contributed by atoms with Crippen molar-refractivity contribution in [1.29, 1.82) is 0 Å². The van der Waals surface area contributed by atoms with Gasteiger partial charge in [0.2, 0.25) is 0 Å². The van der Waals surface area contributed by atoms with Crippen LogP contribution in [0.4, 0.5) is 4.79 Å². The summed E-state index contributed by atoms with van der Waals surface area (Å²) >= 11 is 0. The smallest absolute Gasteiger partial charge is 0.312 e. The summed E-state index contributed by atoms with van der Waals surface area (Å²) in [6.45, 7) is 5.10. The van der Waals surface area contributed by atoms with Crippen LogP contribution in [0.3, 0.4) is 0 Å². The summed E-state index contributed by atoms with van der Waals surface area (Å²) in [5.74, 6) is 5.13.